The Kier molecular flexibility index (Phi) is 2.23. The highest BCUT2D eigenvalue weighted by Gasteiger charge is 2.52. The molecule has 2 aromatic carbocycles. The van der Waals surface area contributed by atoms with Crippen molar-refractivity contribution in [2.45, 2.75) is 5.41 Å². The molecular weight excluding hydrogens is 310 g/mol. The van der Waals surface area contributed by atoms with Gasteiger partial charge in [-0.25, -0.2) is 0 Å². The minimum absolute atomic E-state index is 0.194. The highest BCUT2D eigenvalue weighted by Crippen LogP contribution is 2.63. The number of pyridine rings is 1. The second kappa shape index (κ2) is 4.22. The molecule has 112 valence electrons. The summed E-state index contributed by atoms with van der Waals surface area (Å²) in [7, 11) is 0. The maximum atomic E-state index is 4.74. The molecule has 0 radical (unpaired) electrons. The standard InChI is InChI=1S/C22H13NS/c1-3-8-17-14(6-1)15-7-2-4-9-18(15)22(17)19-10-5-12-23-20(19)16-11-13-24-21(16)22/h1-13H. The second-order valence-electron chi connectivity index (χ2n) is 6.40. The van der Waals surface area contributed by atoms with Crippen LogP contribution in [-0.4, -0.2) is 4.98 Å². The average molecular weight is 323 g/mol. The van der Waals surface area contributed by atoms with E-state index in [0.29, 0.717) is 0 Å². The molecule has 2 heteroatoms. The van der Waals surface area contributed by atoms with Gasteiger partial charge in [0, 0.05) is 16.6 Å². The molecule has 1 spiro atoms. The minimum Gasteiger partial charge on any atom is -0.256 e. The van der Waals surface area contributed by atoms with Crippen molar-refractivity contribution in [1.82, 2.24) is 4.98 Å². The molecule has 2 aliphatic rings. The van der Waals surface area contributed by atoms with Crippen LogP contribution in [0.3, 0.4) is 0 Å². The van der Waals surface area contributed by atoms with Gasteiger partial charge in [-0.05, 0) is 45.3 Å². The Labute approximate surface area is 144 Å². The van der Waals surface area contributed by atoms with E-state index in [9.17, 15) is 0 Å². The summed E-state index contributed by atoms with van der Waals surface area (Å²) in [5.74, 6) is 0. The van der Waals surface area contributed by atoms with Crippen LogP contribution in [0.1, 0.15) is 21.6 Å². The molecule has 0 bridgehead atoms. The van der Waals surface area contributed by atoms with E-state index >= 15 is 0 Å². The third-order valence-electron chi connectivity index (χ3n) is 5.42. The quantitative estimate of drug-likeness (QED) is 0.360. The van der Waals surface area contributed by atoms with Gasteiger partial charge in [-0.3, -0.25) is 4.98 Å². The zero-order valence-electron chi connectivity index (χ0n) is 12.9. The Bertz CT molecular complexity index is 1080. The molecular formula is C22H13NS. The number of benzene rings is 2. The van der Waals surface area contributed by atoms with Crippen molar-refractivity contribution >= 4 is 11.3 Å². The predicted molar refractivity (Wildman–Crippen MR) is 98.4 cm³/mol. The first-order valence-corrected chi connectivity index (χ1v) is 9.03. The Balaban J connectivity index is 1.89. The number of thiophene rings is 1. The van der Waals surface area contributed by atoms with Gasteiger partial charge in [0.05, 0.1) is 11.1 Å². The predicted octanol–water partition coefficient (Wildman–Crippen LogP) is 5.49. The van der Waals surface area contributed by atoms with Gasteiger partial charge < -0.3 is 0 Å². The molecule has 0 fully saturated rings. The number of hydrogen-bond acceptors (Lipinski definition) is 2. The fourth-order valence-electron chi connectivity index (χ4n) is 4.60. The molecule has 4 aromatic rings. The van der Waals surface area contributed by atoms with Crippen molar-refractivity contribution in [3.63, 3.8) is 0 Å². The van der Waals surface area contributed by atoms with Crippen LogP contribution in [0.25, 0.3) is 22.4 Å². The minimum atomic E-state index is -0.194. The van der Waals surface area contributed by atoms with Crippen molar-refractivity contribution in [1.29, 1.82) is 0 Å². The van der Waals surface area contributed by atoms with E-state index in [1.165, 1.54) is 38.3 Å². The molecule has 2 aromatic heterocycles. The van der Waals surface area contributed by atoms with Gasteiger partial charge in [-0.1, -0.05) is 54.6 Å². The summed E-state index contributed by atoms with van der Waals surface area (Å²) in [6.07, 6.45) is 1.91. The van der Waals surface area contributed by atoms with Crippen LogP contribution in [0.5, 0.6) is 0 Å². The zero-order valence-corrected chi connectivity index (χ0v) is 13.7. The van der Waals surface area contributed by atoms with Crippen LogP contribution < -0.4 is 0 Å². The maximum Gasteiger partial charge on any atom is 0.0834 e. The molecule has 1 nitrogen and oxygen atoms in total. The van der Waals surface area contributed by atoms with Gasteiger partial charge in [0.1, 0.15) is 0 Å². The lowest BCUT2D eigenvalue weighted by Crippen LogP contribution is -2.24. The smallest absolute Gasteiger partial charge is 0.0834 e. The third kappa shape index (κ3) is 1.23. The molecule has 0 unspecified atom stereocenters. The summed E-state index contributed by atoms with van der Waals surface area (Å²) in [5, 5.41) is 2.20. The Morgan fingerprint density at radius 3 is 2.08 bits per heavy atom. The summed E-state index contributed by atoms with van der Waals surface area (Å²) < 4.78 is 0. The molecule has 0 saturated heterocycles. The molecule has 0 aliphatic heterocycles. The molecule has 0 saturated carbocycles. The molecule has 0 N–H and O–H groups in total. The van der Waals surface area contributed by atoms with E-state index in [-0.39, 0.29) is 5.41 Å². The fraction of sp³-hybridized carbons (Fsp3) is 0.0455. The third-order valence-corrected chi connectivity index (χ3v) is 6.46. The van der Waals surface area contributed by atoms with Gasteiger partial charge in [-0.2, -0.15) is 0 Å². The van der Waals surface area contributed by atoms with Crippen molar-refractivity contribution in [3.8, 4) is 22.4 Å². The SMILES string of the molecule is c1ccc2c(c1)-c1ccccc1C21c2cccnc2-c2ccsc21. The first-order valence-electron chi connectivity index (χ1n) is 8.15. The van der Waals surface area contributed by atoms with E-state index < -0.39 is 0 Å². The van der Waals surface area contributed by atoms with E-state index in [1.807, 2.05) is 17.5 Å². The van der Waals surface area contributed by atoms with Crippen LogP contribution in [0.15, 0.2) is 78.3 Å². The van der Waals surface area contributed by atoms with Crippen molar-refractivity contribution in [3.05, 3.63) is 99.9 Å². The number of rotatable bonds is 0. The van der Waals surface area contributed by atoms with E-state index in [4.69, 9.17) is 4.98 Å². The Hall–Kier alpha value is -2.71. The Morgan fingerprint density at radius 2 is 1.33 bits per heavy atom. The lowest BCUT2D eigenvalue weighted by Gasteiger charge is -2.28. The van der Waals surface area contributed by atoms with Crippen molar-refractivity contribution < 1.29 is 0 Å². The molecule has 6 rings (SSSR count). The molecule has 0 amide bonds. The summed E-state index contributed by atoms with van der Waals surface area (Å²) in [6, 6.07) is 24.3. The van der Waals surface area contributed by atoms with Gasteiger partial charge in [-0.15, -0.1) is 11.3 Å². The summed E-state index contributed by atoms with van der Waals surface area (Å²) in [5.41, 5.74) is 9.04. The number of nitrogens with zero attached hydrogens (tertiary/aromatic N) is 1. The normalized spacial score (nSPS) is 15.0. The number of fused-ring (bicyclic) bond motifs is 10. The number of aromatic nitrogens is 1. The fourth-order valence-corrected chi connectivity index (χ4v) is 5.74. The lowest BCUT2D eigenvalue weighted by atomic mass is 9.74. The average Bonchev–Trinajstić information content (AvgIpc) is 3.30. The van der Waals surface area contributed by atoms with E-state index in [2.05, 4.69) is 72.1 Å². The highest BCUT2D eigenvalue weighted by molar-refractivity contribution is 7.10. The monoisotopic (exact) mass is 323 g/mol. The molecule has 0 atom stereocenters. The topological polar surface area (TPSA) is 12.9 Å². The molecule has 24 heavy (non-hydrogen) atoms. The second-order valence-corrected chi connectivity index (χ2v) is 7.32. The highest BCUT2D eigenvalue weighted by atomic mass is 32.1. The van der Waals surface area contributed by atoms with Crippen molar-refractivity contribution in [2.75, 3.05) is 0 Å². The first kappa shape index (κ1) is 12.7. The molecule has 2 heterocycles. The van der Waals surface area contributed by atoms with Crippen LogP contribution >= 0.6 is 11.3 Å². The summed E-state index contributed by atoms with van der Waals surface area (Å²) in [6.45, 7) is 0. The van der Waals surface area contributed by atoms with Gasteiger partial charge >= 0.3 is 0 Å². The zero-order chi connectivity index (χ0) is 15.7. The van der Waals surface area contributed by atoms with Crippen molar-refractivity contribution in [2.24, 2.45) is 0 Å². The number of hydrogen-bond donors (Lipinski definition) is 0. The van der Waals surface area contributed by atoms with E-state index in [0.717, 1.165) is 5.69 Å². The van der Waals surface area contributed by atoms with Gasteiger partial charge in [0.15, 0.2) is 0 Å². The van der Waals surface area contributed by atoms with E-state index in [1.54, 1.807) is 0 Å². The summed E-state index contributed by atoms with van der Waals surface area (Å²) >= 11 is 1.85. The largest absolute Gasteiger partial charge is 0.256 e. The summed E-state index contributed by atoms with van der Waals surface area (Å²) in [4.78, 5) is 6.16. The Morgan fingerprint density at radius 1 is 0.667 bits per heavy atom. The van der Waals surface area contributed by atoms with Crippen LogP contribution in [0.4, 0.5) is 0 Å². The van der Waals surface area contributed by atoms with Gasteiger partial charge in [0.2, 0.25) is 0 Å². The van der Waals surface area contributed by atoms with Crippen LogP contribution in [0, 0.1) is 0 Å². The lowest BCUT2D eigenvalue weighted by molar-refractivity contribution is 0.808. The maximum absolute atomic E-state index is 4.74. The van der Waals surface area contributed by atoms with Gasteiger partial charge in [0.25, 0.3) is 0 Å². The first-order chi connectivity index (χ1) is 11.9. The van der Waals surface area contributed by atoms with Crippen LogP contribution in [0.2, 0.25) is 0 Å². The molecule has 2 aliphatic carbocycles. The van der Waals surface area contributed by atoms with Crippen LogP contribution in [-0.2, 0) is 5.41 Å².